The van der Waals surface area contributed by atoms with Gasteiger partial charge in [-0.2, -0.15) is 0 Å². The van der Waals surface area contributed by atoms with Gasteiger partial charge < -0.3 is 19.7 Å². The Labute approximate surface area is 132 Å². The molecule has 0 aromatic heterocycles. The number of carbonyl (C=O) groups is 1. The van der Waals surface area contributed by atoms with Gasteiger partial charge >= 0.3 is 0 Å². The van der Waals surface area contributed by atoms with Gasteiger partial charge in [0.05, 0.1) is 13.2 Å². The van der Waals surface area contributed by atoms with Gasteiger partial charge in [-0.05, 0) is 13.0 Å². The van der Waals surface area contributed by atoms with E-state index in [4.69, 9.17) is 9.47 Å². The number of hydrogen-bond donors (Lipinski definition) is 1. The average Bonchev–Trinajstić information content (AvgIpc) is 2.53. The van der Waals surface area contributed by atoms with Crippen LogP contribution >= 0.6 is 12.4 Å². The highest BCUT2D eigenvalue weighted by Crippen LogP contribution is 2.30. The lowest BCUT2D eigenvalue weighted by Gasteiger charge is -2.38. The van der Waals surface area contributed by atoms with E-state index in [2.05, 4.69) is 5.32 Å². The van der Waals surface area contributed by atoms with Gasteiger partial charge in [-0.15, -0.1) is 12.4 Å². The van der Waals surface area contributed by atoms with Gasteiger partial charge in [0.25, 0.3) is 5.91 Å². The summed E-state index contributed by atoms with van der Waals surface area (Å²) in [6.07, 6.45) is -0.426. The van der Waals surface area contributed by atoms with Crippen molar-refractivity contribution >= 4 is 18.3 Å². The van der Waals surface area contributed by atoms with E-state index in [0.29, 0.717) is 6.54 Å². The molecule has 1 aliphatic heterocycles. The smallest absolute Gasteiger partial charge is 0.251 e. The molecule has 1 heterocycles. The quantitative estimate of drug-likeness (QED) is 0.917. The van der Waals surface area contributed by atoms with Crippen LogP contribution in [0.3, 0.4) is 0 Å². The number of benzene rings is 1. The first-order valence-electron chi connectivity index (χ1n) is 6.86. The number of piperazine rings is 1. The molecule has 2 rings (SSSR count). The Bertz CT molecular complexity index is 470. The van der Waals surface area contributed by atoms with Crippen LogP contribution in [0, 0.1) is 0 Å². The van der Waals surface area contributed by atoms with E-state index in [1.54, 1.807) is 21.1 Å². The number of hydrogen-bond acceptors (Lipinski definition) is 4. The number of ether oxygens (including phenoxy) is 2. The number of nitrogens with zero attached hydrogens (tertiary/aromatic N) is 1. The first-order chi connectivity index (χ1) is 9.69. The molecule has 1 amide bonds. The zero-order valence-corrected chi connectivity index (χ0v) is 13.5. The lowest BCUT2D eigenvalue weighted by Crippen LogP contribution is -2.51. The van der Waals surface area contributed by atoms with Gasteiger partial charge in [-0.3, -0.25) is 4.79 Å². The van der Waals surface area contributed by atoms with Crippen molar-refractivity contribution in [3.8, 4) is 5.75 Å². The average molecular weight is 315 g/mol. The summed E-state index contributed by atoms with van der Waals surface area (Å²) in [5, 5.41) is 3.34. The predicted molar refractivity (Wildman–Crippen MR) is 84.0 cm³/mol. The molecule has 1 aliphatic rings. The van der Waals surface area contributed by atoms with Gasteiger partial charge in [-0.25, -0.2) is 0 Å². The number of halogens is 1. The van der Waals surface area contributed by atoms with Crippen LogP contribution in [-0.4, -0.2) is 50.8 Å². The number of carbonyl (C=O) groups excluding carboxylic acids is 1. The van der Waals surface area contributed by atoms with E-state index in [-0.39, 0.29) is 24.4 Å². The number of para-hydroxylation sites is 1. The Hall–Kier alpha value is -1.30. The summed E-state index contributed by atoms with van der Waals surface area (Å²) in [4.78, 5) is 14.3. The molecule has 1 aromatic carbocycles. The molecular weight excluding hydrogens is 292 g/mol. The second-order valence-electron chi connectivity index (χ2n) is 4.87. The molecule has 2 unspecified atom stereocenters. The van der Waals surface area contributed by atoms with Gasteiger partial charge in [-0.1, -0.05) is 18.2 Å². The van der Waals surface area contributed by atoms with E-state index < -0.39 is 6.10 Å². The lowest BCUT2D eigenvalue weighted by molar-refractivity contribution is -0.144. The molecule has 5 nitrogen and oxygen atoms in total. The molecule has 0 radical (unpaired) electrons. The first-order valence-corrected chi connectivity index (χ1v) is 6.86. The van der Waals surface area contributed by atoms with Gasteiger partial charge in [0.15, 0.2) is 0 Å². The first kappa shape index (κ1) is 17.8. The van der Waals surface area contributed by atoms with Crippen molar-refractivity contribution in [1.82, 2.24) is 10.2 Å². The van der Waals surface area contributed by atoms with E-state index in [0.717, 1.165) is 24.4 Å². The fourth-order valence-electron chi connectivity index (χ4n) is 2.52. The van der Waals surface area contributed by atoms with Crippen LogP contribution < -0.4 is 10.1 Å². The summed E-state index contributed by atoms with van der Waals surface area (Å²) in [5.74, 6) is 0.828. The topological polar surface area (TPSA) is 50.8 Å². The molecule has 1 aromatic rings. The molecule has 0 aliphatic carbocycles. The van der Waals surface area contributed by atoms with Crippen LogP contribution in [0.25, 0.3) is 0 Å². The van der Waals surface area contributed by atoms with Crippen molar-refractivity contribution in [1.29, 1.82) is 0 Å². The zero-order valence-electron chi connectivity index (χ0n) is 12.7. The summed E-state index contributed by atoms with van der Waals surface area (Å²) in [7, 11) is 3.21. The molecule has 2 atom stereocenters. The molecule has 21 heavy (non-hydrogen) atoms. The Balaban J connectivity index is 0.00000220. The highest BCUT2D eigenvalue weighted by molar-refractivity contribution is 5.85. The number of rotatable bonds is 4. The highest BCUT2D eigenvalue weighted by atomic mass is 35.5. The van der Waals surface area contributed by atoms with Crippen LogP contribution in [0.15, 0.2) is 24.3 Å². The van der Waals surface area contributed by atoms with Crippen LogP contribution in [0.2, 0.25) is 0 Å². The number of methoxy groups -OCH3 is 2. The van der Waals surface area contributed by atoms with Crippen LogP contribution in [0.1, 0.15) is 18.5 Å². The largest absolute Gasteiger partial charge is 0.496 e. The highest BCUT2D eigenvalue weighted by Gasteiger charge is 2.32. The summed E-state index contributed by atoms with van der Waals surface area (Å²) < 4.78 is 10.6. The summed E-state index contributed by atoms with van der Waals surface area (Å²) in [6.45, 7) is 3.98. The van der Waals surface area contributed by atoms with Crippen molar-refractivity contribution in [2.24, 2.45) is 0 Å². The molecule has 0 saturated carbocycles. The maximum Gasteiger partial charge on any atom is 0.251 e. The summed E-state index contributed by atoms with van der Waals surface area (Å²) in [5.41, 5.74) is 1.03. The van der Waals surface area contributed by atoms with E-state index in [9.17, 15) is 4.79 Å². The summed E-state index contributed by atoms with van der Waals surface area (Å²) >= 11 is 0. The zero-order chi connectivity index (χ0) is 14.5. The second kappa shape index (κ2) is 8.22. The molecule has 1 saturated heterocycles. The Morgan fingerprint density at radius 3 is 2.76 bits per heavy atom. The maximum absolute atomic E-state index is 12.4. The van der Waals surface area contributed by atoms with Crippen molar-refractivity contribution in [2.45, 2.75) is 19.1 Å². The van der Waals surface area contributed by atoms with Crippen LogP contribution in [0.5, 0.6) is 5.75 Å². The fourth-order valence-corrected chi connectivity index (χ4v) is 2.52. The normalized spacial score (nSPS) is 19.6. The SMILES string of the molecule is COc1ccccc1C1CNCCN1C(=O)C(C)OC.Cl. The van der Waals surface area contributed by atoms with E-state index in [1.807, 2.05) is 29.2 Å². The Morgan fingerprint density at radius 1 is 1.38 bits per heavy atom. The van der Waals surface area contributed by atoms with Crippen molar-refractivity contribution < 1.29 is 14.3 Å². The monoisotopic (exact) mass is 314 g/mol. The molecule has 1 N–H and O–H groups in total. The van der Waals surface area contributed by atoms with Gasteiger partial charge in [0, 0.05) is 32.3 Å². The third-order valence-corrected chi connectivity index (χ3v) is 3.73. The minimum absolute atomic E-state index is 0. The van der Waals surface area contributed by atoms with Gasteiger partial charge in [0.1, 0.15) is 11.9 Å². The number of nitrogens with one attached hydrogen (secondary N) is 1. The Kier molecular flexibility index (Phi) is 6.95. The lowest BCUT2D eigenvalue weighted by atomic mass is 10.0. The van der Waals surface area contributed by atoms with Crippen molar-refractivity contribution in [3.05, 3.63) is 29.8 Å². The molecule has 6 heteroatoms. The minimum Gasteiger partial charge on any atom is -0.496 e. The molecule has 0 bridgehead atoms. The third kappa shape index (κ3) is 3.87. The van der Waals surface area contributed by atoms with E-state index >= 15 is 0 Å². The second-order valence-corrected chi connectivity index (χ2v) is 4.87. The fraction of sp³-hybridized carbons (Fsp3) is 0.533. The minimum atomic E-state index is -0.426. The van der Waals surface area contributed by atoms with Crippen LogP contribution in [-0.2, 0) is 9.53 Å². The molecule has 1 fully saturated rings. The van der Waals surface area contributed by atoms with Crippen LogP contribution in [0.4, 0.5) is 0 Å². The predicted octanol–water partition coefficient (Wildman–Crippen LogP) is 1.62. The Morgan fingerprint density at radius 2 is 2.10 bits per heavy atom. The van der Waals surface area contributed by atoms with Crippen molar-refractivity contribution in [3.63, 3.8) is 0 Å². The molecular formula is C15H23ClN2O3. The maximum atomic E-state index is 12.4. The molecule has 0 spiro atoms. The summed E-state index contributed by atoms with van der Waals surface area (Å²) in [6, 6.07) is 7.81. The van der Waals surface area contributed by atoms with E-state index in [1.165, 1.54) is 0 Å². The van der Waals surface area contributed by atoms with Gasteiger partial charge in [0.2, 0.25) is 0 Å². The number of amides is 1. The van der Waals surface area contributed by atoms with Crippen molar-refractivity contribution in [2.75, 3.05) is 33.9 Å². The molecule has 118 valence electrons. The standard InChI is InChI=1S/C15H22N2O3.ClH/c1-11(19-2)15(18)17-9-8-16-10-13(17)12-6-4-5-7-14(12)20-3;/h4-7,11,13,16H,8-10H2,1-3H3;1H. The third-order valence-electron chi connectivity index (χ3n) is 3.73.